The minimum atomic E-state index is -4.31. The molecule has 1 aromatic rings. The molecule has 1 fully saturated rings. The van der Waals surface area contributed by atoms with Crippen molar-refractivity contribution in [1.29, 1.82) is 0 Å². The van der Waals surface area contributed by atoms with Crippen molar-refractivity contribution in [3.8, 4) is 0 Å². The van der Waals surface area contributed by atoms with Crippen LogP contribution in [-0.4, -0.2) is 36.6 Å². The van der Waals surface area contributed by atoms with Gasteiger partial charge in [-0.25, -0.2) is 0 Å². The lowest BCUT2D eigenvalue weighted by atomic mass is 9.91. The lowest BCUT2D eigenvalue weighted by molar-refractivity contribution is -0.138. The zero-order valence-electron chi connectivity index (χ0n) is 11.8. The molecular formula is C14H19F3N2O2. The van der Waals surface area contributed by atoms with Gasteiger partial charge < -0.3 is 14.6 Å². The second-order valence-electron chi connectivity index (χ2n) is 5.47. The van der Waals surface area contributed by atoms with Gasteiger partial charge in [0, 0.05) is 6.54 Å². The molecule has 1 aromatic heterocycles. The molecule has 118 valence electrons. The molecule has 1 saturated heterocycles. The van der Waals surface area contributed by atoms with E-state index in [-0.39, 0.29) is 18.5 Å². The molecule has 4 nitrogen and oxygen atoms in total. The Hall–Kier alpha value is -1.50. The summed E-state index contributed by atoms with van der Waals surface area (Å²) in [7, 11) is 0. The lowest BCUT2D eigenvalue weighted by Gasteiger charge is -2.37. The normalized spacial score (nSPS) is 23.3. The van der Waals surface area contributed by atoms with Crippen LogP contribution in [0.2, 0.25) is 0 Å². The van der Waals surface area contributed by atoms with Gasteiger partial charge in [-0.1, -0.05) is 6.92 Å². The highest BCUT2D eigenvalue weighted by Crippen LogP contribution is 2.34. The molecule has 21 heavy (non-hydrogen) atoms. The van der Waals surface area contributed by atoms with Gasteiger partial charge in [-0.2, -0.15) is 13.2 Å². The van der Waals surface area contributed by atoms with Gasteiger partial charge in [-0.3, -0.25) is 4.79 Å². The van der Waals surface area contributed by atoms with Crippen LogP contribution in [-0.2, 0) is 4.79 Å². The Kier molecular flexibility index (Phi) is 4.92. The van der Waals surface area contributed by atoms with E-state index in [1.54, 1.807) is 23.3 Å². The number of nitrogens with zero attached hydrogens (tertiary/aromatic N) is 1. The fourth-order valence-electron chi connectivity index (χ4n) is 2.60. The highest BCUT2D eigenvalue weighted by atomic mass is 19.4. The summed E-state index contributed by atoms with van der Waals surface area (Å²) < 4.78 is 41.7. The Bertz CT molecular complexity index is 459. The molecule has 0 aliphatic carbocycles. The predicted octanol–water partition coefficient (Wildman–Crippen LogP) is 2.73. The van der Waals surface area contributed by atoms with Gasteiger partial charge in [0.05, 0.1) is 25.4 Å². The van der Waals surface area contributed by atoms with Crippen LogP contribution in [0.5, 0.6) is 0 Å². The third-order valence-corrected chi connectivity index (χ3v) is 3.66. The molecule has 7 heteroatoms. The van der Waals surface area contributed by atoms with Gasteiger partial charge in [0.1, 0.15) is 5.76 Å². The molecule has 1 N–H and O–H groups in total. The van der Waals surface area contributed by atoms with Crippen molar-refractivity contribution in [3.05, 3.63) is 24.2 Å². The Morgan fingerprint density at radius 3 is 2.90 bits per heavy atom. The minimum absolute atomic E-state index is 0.191. The number of amides is 1. The van der Waals surface area contributed by atoms with Gasteiger partial charge in [0.2, 0.25) is 5.91 Å². The Morgan fingerprint density at radius 1 is 1.52 bits per heavy atom. The van der Waals surface area contributed by atoms with E-state index < -0.39 is 12.7 Å². The summed E-state index contributed by atoms with van der Waals surface area (Å²) in [6.07, 6.45) is -1.16. The second kappa shape index (κ2) is 6.51. The van der Waals surface area contributed by atoms with Crippen LogP contribution in [0.15, 0.2) is 22.8 Å². The summed E-state index contributed by atoms with van der Waals surface area (Å²) in [4.78, 5) is 13.8. The van der Waals surface area contributed by atoms with Gasteiger partial charge in [-0.15, -0.1) is 0 Å². The van der Waals surface area contributed by atoms with E-state index in [4.69, 9.17) is 4.42 Å². The monoisotopic (exact) mass is 304 g/mol. The number of likely N-dealkylation sites (tertiary alicyclic amines) is 1. The number of carbonyl (C=O) groups excluding carboxylic acids is 1. The number of alkyl halides is 3. The summed E-state index contributed by atoms with van der Waals surface area (Å²) in [5.41, 5.74) is 0. The fourth-order valence-corrected chi connectivity index (χ4v) is 2.60. The number of rotatable bonds is 4. The number of halogens is 3. The highest BCUT2D eigenvalue weighted by Gasteiger charge is 2.33. The van der Waals surface area contributed by atoms with Crippen LogP contribution in [0.3, 0.4) is 0 Å². The Morgan fingerprint density at radius 2 is 2.29 bits per heavy atom. The van der Waals surface area contributed by atoms with Gasteiger partial charge >= 0.3 is 6.18 Å². The zero-order chi connectivity index (χ0) is 15.5. The summed E-state index contributed by atoms with van der Waals surface area (Å²) in [5.74, 6) is 0.811. The Balaban J connectivity index is 1.97. The average molecular weight is 304 g/mol. The number of nitrogens with one attached hydrogen (secondary N) is 1. The van der Waals surface area contributed by atoms with E-state index >= 15 is 0 Å². The standard InChI is InChI=1S/C14H19F3N2O2/c1-10-4-5-19(11(7-10)12-3-2-6-21-12)13(20)8-18-9-14(15,16)17/h2-3,6,10-11,18H,4-5,7-9H2,1H3/t10-,11+/m0/s1. The van der Waals surface area contributed by atoms with Crippen molar-refractivity contribution in [2.24, 2.45) is 5.92 Å². The molecule has 0 saturated carbocycles. The average Bonchev–Trinajstić information content (AvgIpc) is 2.90. The number of hydrogen-bond acceptors (Lipinski definition) is 3. The molecule has 1 aliphatic rings. The number of hydrogen-bond donors (Lipinski definition) is 1. The van der Waals surface area contributed by atoms with Crippen LogP contribution in [0.4, 0.5) is 13.2 Å². The predicted molar refractivity (Wildman–Crippen MR) is 70.5 cm³/mol. The summed E-state index contributed by atoms with van der Waals surface area (Å²) in [6, 6.07) is 3.36. The van der Waals surface area contributed by atoms with Crippen molar-refractivity contribution in [2.75, 3.05) is 19.6 Å². The van der Waals surface area contributed by atoms with Gasteiger partial charge in [0.15, 0.2) is 0 Å². The first-order valence-corrected chi connectivity index (χ1v) is 6.97. The van der Waals surface area contributed by atoms with E-state index in [2.05, 4.69) is 12.2 Å². The summed E-state index contributed by atoms with van der Waals surface area (Å²) in [5, 5.41) is 2.15. The molecule has 2 rings (SSSR count). The molecule has 0 spiro atoms. The third kappa shape index (κ3) is 4.49. The molecule has 2 heterocycles. The SMILES string of the molecule is C[C@H]1CCN(C(=O)CNCC(F)(F)F)[C@@H](c2ccco2)C1. The summed E-state index contributed by atoms with van der Waals surface area (Å²) in [6.45, 7) is 1.16. The zero-order valence-corrected chi connectivity index (χ0v) is 11.8. The number of furan rings is 1. The maximum Gasteiger partial charge on any atom is 0.401 e. The Labute approximate surface area is 121 Å². The van der Waals surface area contributed by atoms with Crippen LogP contribution >= 0.6 is 0 Å². The first kappa shape index (κ1) is 15.9. The molecule has 0 aromatic carbocycles. The van der Waals surface area contributed by atoms with Crippen LogP contribution < -0.4 is 5.32 Å². The van der Waals surface area contributed by atoms with Crippen molar-refractivity contribution in [3.63, 3.8) is 0 Å². The molecule has 0 unspecified atom stereocenters. The van der Waals surface area contributed by atoms with Crippen molar-refractivity contribution in [2.45, 2.75) is 32.0 Å². The third-order valence-electron chi connectivity index (χ3n) is 3.66. The number of carbonyl (C=O) groups is 1. The van der Waals surface area contributed by atoms with Gasteiger partial charge in [-0.05, 0) is 30.9 Å². The topological polar surface area (TPSA) is 45.5 Å². The minimum Gasteiger partial charge on any atom is -0.467 e. The van der Waals surface area contributed by atoms with Crippen molar-refractivity contribution < 1.29 is 22.4 Å². The van der Waals surface area contributed by atoms with Crippen molar-refractivity contribution >= 4 is 5.91 Å². The maximum atomic E-state index is 12.2. The van der Waals surface area contributed by atoms with Crippen LogP contribution in [0.1, 0.15) is 31.6 Å². The quantitative estimate of drug-likeness (QED) is 0.930. The molecule has 0 bridgehead atoms. The first-order valence-electron chi connectivity index (χ1n) is 6.97. The first-order chi connectivity index (χ1) is 9.87. The molecular weight excluding hydrogens is 285 g/mol. The molecule has 1 amide bonds. The molecule has 0 radical (unpaired) electrons. The molecule has 2 atom stereocenters. The fraction of sp³-hybridized carbons (Fsp3) is 0.643. The van der Waals surface area contributed by atoms with E-state index in [1.165, 1.54) is 0 Å². The van der Waals surface area contributed by atoms with Gasteiger partial charge in [0.25, 0.3) is 0 Å². The maximum absolute atomic E-state index is 12.2. The molecule has 1 aliphatic heterocycles. The van der Waals surface area contributed by atoms with E-state index in [0.717, 1.165) is 12.8 Å². The number of piperidine rings is 1. The smallest absolute Gasteiger partial charge is 0.401 e. The van der Waals surface area contributed by atoms with E-state index in [0.29, 0.717) is 18.2 Å². The summed E-state index contributed by atoms with van der Waals surface area (Å²) >= 11 is 0. The van der Waals surface area contributed by atoms with Crippen molar-refractivity contribution in [1.82, 2.24) is 10.2 Å². The highest BCUT2D eigenvalue weighted by molar-refractivity contribution is 5.78. The van der Waals surface area contributed by atoms with Crippen LogP contribution in [0.25, 0.3) is 0 Å². The largest absolute Gasteiger partial charge is 0.467 e. The second-order valence-corrected chi connectivity index (χ2v) is 5.47. The van der Waals surface area contributed by atoms with Crippen LogP contribution in [0, 0.1) is 5.92 Å². The van der Waals surface area contributed by atoms with E-state index in [1.807, 2.05) is 0 Å². The van der Waals surface area contributed by atoms with E-state index in [9.17, 15) is 18.0 Å². The lowest BCUT2D eigenvalue weighted by Crippen LogP contribution is -2.45.